The van der Waals surface area contributed by atoms with E-state index in [9.17, 15) is 0 Å². The van der Waals surface area contributed by atoms with Gasteiger partial charge in [-0.05, 0) is 45.8 Å². The third kappa shape index (κ3) is 1.71. The van der Waals surface area contributed by atoms with Crippen LogP contribution in [0.25, 0.3) is 0 Å². The zero-order valence-electron chi connectivity index (χ0n) is 8.09. The van der Waals surface area contributed by atoms with E-state index in [1.165, 1.54) is 36.2 Å². The molecular formula is C11H16NP. The first-order valence-corrected chi connectivity index (χ1v) is 5.47. The first kappa shape index (κ1) is 9.02. The van der Waals surface area contributed by atoms with E-state index in [0.717, 1.165) is 6.42 Å². The summed E-state index contributed by atoms with van der Waals surface area (Å²) >= 11 is 0. The summed E-state index contributed by atoms with van der Waals surface area (Å²) in [5, 5.41) is 0. The van der Waals surface area contributed by atoms with Crippen molar-refractivity contribution in [2.75, 3.05) is 11.2 Å². The summed E-state index contributed by atoms with van der Waals surface area (Å²) in [4.78, 5) is 0. The van der Waals surface area contributed by atoms with Gasteiger partial charge in [0.25, 0.3) is 0 Å². The van der Waals surface area contributed by atoms with Crippen molar-refractivity contribution in [1.82, 2.24) is 0 Å². The molecule has 70 valence electrons. The van der Waals surface area contributed by atoms with Crippen LogP contribution in [-0.2, 0) is 12.8 Å². The van der Waals surface area contributed by atoms with Gasteiger partial charge in [-0.1, -0.05) is 19.1 Å². The fourth-order valence-corrected chi connectivity index (χ4v) is 2.29. The average molecular weight is 193 g/mol. The van der Waals surface area contributed by atoms with E-state index in [4.69, 9.17) is 0 Å². The van der Waals surface area contributed by atoms with Crippen LogP contribution >= 0.6 is 9.39 Å². The van der Waals surface area contributed by atoms with Crippen LogP contribution in [0.2, 0.25) is 0 Å². The molecule has 0 radical (unpaired) electrons. The summed E-state index contributed by atoms with van der Waals surface area (Å²) in [6, 6.07) is 6.86. The second-order valence-electron chi connectivity index (χ2n) is 3.61. The van der Waals surface area contributed by atoms with Crippen LogP contribution in [0.1, 0.15) is 24.5 Å². The van der Waals surface area contributed by atoms with Crippen molar-refractivity contribution >= 4 is 15.1 Å². The quantitative estimate of drug-likeness (QED) is 0.620. The fourth-order valence-electron chi connectivity index (χ4n) is 1.87. The number of hydrogen-bond donors (Lipinski definition) is 0. The summed E-state index contributed by atoms with van der Waals surface area (Å²) in [5.41, 5.74) is 4.35. The fraction of sp³-hybridized carbons (Fsp3) is 0.455. The van der Waals surface area contributed by atoms with Gasteiger partial charge in [0.2, 0.25) is 0 Å². The topological polar surface area (TPSA) is 3.24 Å². The van der Waals surface area contributed by atoms with Gasteiger partial charge in [-0.25, -0.2) is 0 Å². The summed E-state index contributed by atoms with van der Waals surface area (Å²) < 4.78 is 2.29. The first-order valence-electron chi connectivity index (χ1n) is 4.95. The maximum atomic E-state index is 2.81. The molecule has 1 atom stereocenters. The van der Waals surface area contributed by atoms with Gasteiger partial charge in [-0.3, -0.25) is 0 Å². The van der Waals surface area contributed by atoms with Crippen LogP contribution in [0.15, 0.2) is 18.2 Å². The first-order chi connectivity index (χ1) is 6.31. The van der Waals surface area contributed by atoms with Gasteiger partial charge in [0.15, 0.2) is 0 Å². The van der Waals surface area contributed by atoms with E-state index < -0.39 is 0 Å². The van der Waals surface area contributed by atoms with Crippen molar-refractivity contribution in [1.29, 1.82) is 0 Å². The molecule has 0 aromatic heterocycles. The highest BCUT2D eigenvalue weighted by atomic mass is 31.0. The molecule has 1 aromatic carbocycles. The average Bonchev–Trinajstić information content (AvgIpc) is 2.18. The van der Waals surface area contributed by atoms with E-state index in [2.05, 4.69) is 39.2 Å². The van der Waals surface area contributed by atoms with Crippen molar-refractivity contribution < 1.29 is 0 Å². The molecule has 2 rings (SSSR count). The van der Waals surface area contributed by atoms with E-state index >= 15 is 0 Å². The lowest BCUT2D eigenvalue weighted by atomic mass is 10.0. The summed E-state index contributed by atoms with van der Waals surface area (Å²) in [7, 11) is 2.81. The molecular weight excluding hydrogens is 177 g/mol. The zero-order valence-corrected chi connectivity index (χ0v) is 9.24. The molecule has 13 heavy (non-hydrogen) atoms. The van der Waals surface area contributed by atoms with Gasteiger partial charge in [0.1, 0.15) is 0 Å². The van der Waals surface area contributed by atoms with Gasteiger partial charge >= 0.3 is 0 Å². The molecule has 1 heterocycles. The van der Waals surface area contributed by atoms with E-state index in [1.54, 1.807) is 0 Å². The predicted octanol–water partition coefficient (Wildman–Crippen LogP) is 2.79. The Morgan fingerprint density at radius 2 is 2.31 bits per heavy atom. The normalized spacial score (nSPS) is 15.7. The highest BCUT2D eigenvalue weighted by Crippen LogP contribution is 2.30. The molecule has 1 nitrogen and oxygen atoms in total. The Labute approximate surface area is 82.4 Å². The molecule has 0 bridgehead atoms. The molecule has 1 aliphatic heterocycles. The molecule has 1 unspecified atom stereocenters. The smallest absolute Gasteiger partial charge is 0.0430 e. The minimum Gasteiger partial charge on any atom is -0.356 e. The standard InChI is InChI=1S/C11H16NP/c1-2-9-5-6-10-4-3-7-12(13)11(10)8-9/h5-6,8H,2-4,7,13H2,1H3. The summed E-state index contributed by atoms with van der Waals surface area (Å²) in [5.74, 6) is 0. The molecule has 0 saturated heterocycles. The van der Waals surface area contributed by atoms with Gasteiger partial charge in [-0.15, -0.1) is 0 Å². The lowest BCUT2D eigenvalue weighted by Gasteiger charge is -2.27. The highest BCUT2D eigenvalue weighted by Gasteiger charge is 2.13. The van der Waals surface area contributed by atoms with E-state index in [-0.39, 0.29) is 0 Å². The van der Waals surface area contributed by atoms with Crippen LogP contribution in [0.5, 0.6) is 0 Å². The number of anilines is 1. The Bertz CT molecular complexity index is 309. The van der Waals surface area contributed by atoms with Crippen molar-refractivity contribution in [2.24, 2.45) is 0 Å². The highest BCUT2D eigenvalue weighted by molar-refractivity contribution is 7.19. The SMILES string of the molecule is CCc1ccc2c(c1)N(P)CCC2. The zero-order chi connectivity index (χ0) is 9.26. The lowest BCUT2D eigenvalue weighted by molar-refractivity contribution is 0.794. The monoisotopic (exact) mass is 193 g/mol. The molecule has 0 fully saturated rings. The maximum Gasteiger partial charge on any atom is 0.0430 e. The number of fused-ring (bicyclic) bond motifs is 1. The van der Waals surface area contributed by atoms with Gasteiger partial charge < -0.3 is 4.67 Å². The molecule has 0 saturated carbocycles. The van der Waals surface area contributed by atoms with Crippen LogP contribution in [0, 0.1) is 0 Å². The third-order valence-corrected chi connectivity index (χ3v) is 3.25. The molecule has 2 heteroatoms. The maximum absolute atomic E-state index is 2.81. The van der Waals surface area contributed by atoms with Gasteiger partial charge in [0, 0.05) is 12.2 Å². The van der Waals surface area contributed by atoms with Crippen molar-refractivity contribution in [3.05, 3.63) is 29.3 Å². The van der Waals surface area contributed by atoms with Gasteiger partial charge in [0.05, 0.1) is 0 Å². The summed E-state index contributed by atoms with van der Waals surface area (Å²) in [6.07, 6.45) is 3.65. The third-order valence-electron chi connectivity index (χ3n) is 2.71. The molecule has 0 spiro atoms. The van der Waals surface area contributed by atoms with E-state index in [0.29, 0.717) is 0 Å². The van der Waals surface area contributed by atoms with Crippen molar-refractivity contribution in [3.8, 4) is 0 Å². The van der Waals surface area contributed by atoms with Crippen LogP contribution < -0.4 is 4.67 Å². The Hall–Kier alpha value is -0.550. The second kappa shape index (κ2) is 3.67. The second-order valence-corrected chi connectivity index (χ2v) is 4.24. The number of aryl methyl sites for hydroxylation is 2. The number of hydrogen-bond acceptors (Lipinski definition) is 1. The Morgan fingerprint density at radius 3 is 3.08 bits per heavy atom. The van der Waals surface area contributed by atoms with Crippen LogP contribution in [-0.4, -0.2) is 6.54 Å². The van der Waals surface area contributed by atoms with Gasteiger partial charge in [-0.2, -0.15) is 0 Å². The molecule has 0 aliphatic carbocycles. The predicted molar refractivity (Wildman–Crippen MR) is 61.2 cm³/mol. The minimum atomic E-state index is 1.13. The Balaban J connectivity index is 2.41. The largest absolute Gasteiger partial charge is 0.356 e. The summed E-state index contributed by atoms with van der Waals surface area (Å²) in [6.45, 7) is 3.38. The van der Waals surface area contributed by atoms with Crippen molar-refractivity contribution in [2.45, 2.75) is 26.2 Å². The molecule has 0 amide bonds. The number of rotatable bonds is 1. The Morgan fingerprint density at radius 1 is 1.46 bits per heavy atom. The number of benzene rings is 1. The minimum absolute atomic E-state index is 1.13. The van der Waals surface area contributed by atoms with Crippen LogP contribution in [0.4, 0.5) is 5.69 Å². The van der Waals surface area contributed by atoms with E-state index in [1.807, 2.05) is 0 Å². The number of nitrogens with zero attached hydrogens (tertiary/aromatic N) is 1. The lowest BCUT2D eigenvalue weighted by Crippen LogP contribution is -2.18. The molecule has 1 aliphatic rings. The van der Waals surface area contributed by atoms with Crippen molar-refractivity contribution in [3.63, 3.8) is 0 Å². The molecule has 1 aromatic rings. The Kier molecular flexibility index (Phi) is 2.55. The molecule has 0 N–H and O–H groups in total. The van der Waals surface area contributed by atoms with Crippen LogP contribution in [0.3, 0.4) is 0 Å².